The van der Waals surface area contributed by atoms with Crippen molar-refractivity contribution < 1.29 is 9.90 Å². The van der Waals surface area contributed by atoms with Crippen molar-refractivity contribution in [3.8, 4) is 0 Å². The molecule has 106 valence electrons. The standard InChI is InChI=1S/C14H23N3O2/c1-11(2)17(7-8-18)10-13-6-4-3-5-12(13)9-14(19)16-15/h3-6,11,18H,7-10,15H2,1-2H3,(H,16,19). The number of aliphatic hydroxyl groups excluding tert-OH is 1. The van der Waals surface area contributed by atoms with Crippen molar-refractivity contribution in [1.82, 2.24) is 10.3 Å². The molecule has 0 spiro atoms. The van der Waals surface area contributed by atoms with Gasteiger partial charge in [-0.15, -0.1) is 0 Å². The molecule has 1 aromatic carbocycles. The lowest BCUT2D eigenvalue weighted by Gasteiger charge is -2.26. The van der Waals surface area contributed by atoms with Crippen LogP contribution in [0, 0.1) is 0 Å². The number of aliphatic hydroxyl groups is 1. The minimum Gasteiger partial charge on any atom is -0.395 e. The molecule has 0 bridgehead atoms. The smallest absolute Gasteiger partial charge is 0.238 e. The summed E-state index contributed by atoms with van der Waals surface area (Å²) in [5, 5.41) is 9.09. The van der Waals surface area contributed by atoms with Gasteiger partial charge in [0.25, 0.3) is 0 Å². The maximum atomic E-state index is 11.4. The van der Waals surface area contributed by atoms with Gasteiger partial charge in [0.05, 0.1) is 13.0 Å². The van der Waals surface area contributed by atoms with Crippen molar-refractivity contribution in [3.05, 3.63) is 35.4 Å². The van der Waals surface area contributed by atoms with E-state index in [1.165, 1.54) is 0 Å². The zero-order valence-corrected chi connectivity index (χ0v) is 11.6. The van der Waals surface area contributed by atoms with Crippen LogP contribution < -0.4 is 11.3 Å². The molecule has 0 saturated carbocycles. The Morgan fingerprint density at radius 1 is 1.37 bits per heavy atom. The summed E-state index contributed by atoms with van der Waals surface area (Å²) in [5.74, 6) is 4.92. The first-order valence-corrected chi connectivity index (χ1v) is 6.49. The molecule has 0 aliphatic carbocycles. The predicted octanol–water partition coefficient (Wildman–Crippen LogP) is 0.422. The van der Waals surface area contributed by atoms with E-state index in [0.29, 0.717) is 19.1 Å². The molecule has 1 amide bonds. The molecular formula is C14H23N3O2. The summed E-state index contributed by atoms with van der Waals surface area (Å²) >= 11 is 0. The summed E-state index contributed by atoms with van der Waals surface area (Å²) in [6, 6.07) is 8.14. The van der Waals surface area contributed by atoms with Crippen LogP contribution in [0.3, 0.4) is 0 Å². The van der Waals surface area contributed by atoms with Gasteiger partial charge in [0, 0.05) is 19.1 Å². The maximum absolute atomic E-state index is 11.4. The SMILES string of the molecule is CC(C)N(CCO)Cc1ccccc1CC(=O)NN. The van der Waals surface area contributed by atoms with Gasteiger partial charge in [-0.3, -0.25) is 15.1 Å². The van der Waals surface area contributed by atoms with Crippen LogP contribution in [0.15, 0.2) is 24.3 Å². The average molecular weight is 265 g/mol. The van der Waals surface area contributed by atoms with Crippen LogP contribution in [-0.2, 0) is 17.8 Å². The van der Waals surface area contributed by atoms with Crippen molar-refractivity contribution in [2.45, 2.75) is 32.9 Å². The molecular weight excluding hydrogens is 242 g/mol. The van der Waals surface area contributed by atoms with Crippen molar-refractivity contribution in [2.24, 2.45) is 5.84 Å². The van der Waals surface area contributed by atoms with Crippen molar-refractivity contribution in [1.29, 1.82) is 0 Å². The Labute approximate surface area is 114 Å². The first-order valence-electron chi connectivity index (χ1n) is 6.49. The number of carbonyl (C=O) groups is 1. The molecule has 19 heavy (non-hydrogen) atoms. The van der Waals surface area contributed by atoms with Crippen LogP contribution in [0.5, 0.6) is 0 Å². The highest BCUT2D eigenvalue weighted by Gasteiger charge is 2.13. The van der Waals surface area contributed by atoms with Gasteiger partial charge in [0.2, 0.25) is 5.91 Å². The van der Waals surface area contributed by atoms with Gasteiger partial charge in [-0.1, -0.05) is 24.3 Å². The second kappa shape index (κ2) is 7.89. The van der Waals surface area contributed by atoms with Crippen LogP contribution in [0.1, 0.15) is 25.0 Å². The summed E-state index contributed by atoms with van der Waals surface area (Å²) in [4.78, 5) is 13.6. The van der Waals surface area contributed by atoms with Gasteiger partial charge in [-0.2, -0.15) is 0 Å². The number of hydrogen-bond donors (Lipinski definition) is 3. The lowest BCUT2D eigenvalue weighted by molar-refractivity contribution is -0.120. The quantitative estimate of drug-likeness (QED) is 0.379. The lowest BCUT2D eigenvalue weighted by atomic mass is 10.0. The summed E-state index contributed by atoms with van der Waals surface area (Å²) < 4.78 is 0. The summed E-state index contributed by atoms with van der Waals surface area (Å²) in [6.45, 7) is 5.64. The highest BCUT2D eigenvalue weighted by atomic mass is 16.3. The molecule has 4 N–H and O–H groups in total. The normalized spacial score (nSPS) is 11.1. The Morgan fingerprint density at radius 2 is 2.00 bits per heavy atom. The predicted molar refractivity (Wildman–Crippen MR) is 75.1 cm³/mol. The zero-order chi connectivity index (χ0) is 14.3. The third kappa shape index (κ3) is 4.98. The van der Waals surface area contributed by atoms with Crippen LogP contribution in [0.25, 0.3) is 0 Å². The number of nitrogens with zero attached hydrogens (tertiary/aromatic N) is 1. The van der Waals surface area contributed by atoms with Gasteiger partial charge in [-0.05, 0) is 25.0 Å². The van der Waals surface area contributed by atoms with Gasteiger partial charge < -0.3 is 5.11 Å². The minimum atomic E-state index is -0.203. The third-order valence-corrected chi connectivity index (χ3v) is 3.12. The van der Waals surface area contributed by atoms with Crippen LogP contribution >= 0.6 is 0 Å². The van der Waals surface area contributed by atoms with Gasteiger partial charge in [0.1, 0.15) is 0 Å². The molecule has 0 fully saturated rings. The van der Waals surface area contributed by atoms with Crippen molar-refractivity contribution >= 4 is 5.91 Å². The van der Waals surface area contributed by atoms with Crippen molar-refractivity contribution in [2.75, 3.05) is 13.2 Å². The molecule has 1 aromatic rings. The second-order valence-electron chi connectivity index (χ2n) is 4.80. The van der Waals surface area contributed by atoms with E-state index >= 15 is 0 Å². The number of rotatable bonds is 7. The first kappa shape index (κ1) is 15.6. The first-order chi connectivity index (χ1) is 9.08. The van der Waals surface area contributed by atoms with E-state index in [-0.39, 0.29) is 18.9 Å². The molecule has 0 radical (unpaired) electrons. The molecule has 0 aliphatic heterocycles. The average Bonchev–Trinajstić information content (AvgIpc) is 2.40. The van der Waals surface area contributed by atoms with E-state index < -0.39 is 0 Å². The number of hydrogen-bond acceptors (Lipinski definition) is 4. The zero-order valence-electron chi connectivity index (χ0n) is 11.6. The molecule has 0 unspecified atom stereocenters. The van der Waals surface area contributed by atoms with Crippen LogP contribution in [0.4, 0.5) is 0 Å². The molecule has 0 saturated heterocycles. The fourth-order valence-corrected chi connectivity index (χ4v) is 1.98. The highest BCUT2D eigenvalue weighted by molar-refractivity contribution is 5.78. The van der Waals surface area contributed by atoms with E-state index in [0.717, 1.165) is 11.1 Å². The number of hydrazine groups is 1. The van der Waals surface area contributed by atoms with Gasteiger partial charge in [0.15, 0.2) is 0 Å². The summed E-state index contributed by atoms with van der Waals surface area (Å²) in [6.07, 6.45) is 0.276. The monoisotopic (exact) mass is 265 g/mol. The van der Waals surface area contributed by atoms with Gasteiger partial charge in [-0.25, -0.2) is 5.84 Å². The Hall–Kier alpha value is -1.43. The summed E-state index contributed by atoms with van der Waals surface area (Å²) in [7, 11) is 0. The molecule has 5 heteroatoms. The Balaban J connectivity index is 2.84. The molecule has 0 atom stereocenters. The number of nitrogens with two attached hydrogens (primary N) is 1. The minimum absolute atomic E-state index is 0.129. The van der Waals surface area contributed by atoms with Crippen molar-refractivity contribution in [3.63, 3.8) is 0 Å². The number of benzene rings is 1. The third-order valence-electron chi connectivity index (χ3n) is 3.12. The lowest BCUT2D eigenvalue weighted by Crippen LogP contribution is -2.34. The number of nitrogens with one attached hydrogen (secondary N) is 1. The fraction of sp³-hybridized carbons (Fsp3) is 0.500. The molecule has 0 aliphatic rings. The van der Waals surface area contributed by atoms with E-state index in [2.05, 4.69) is 24.2 Å². The fourth-order valence-electron chi connectivity index (χ4n) is 1.98. The summed E-state index contributed by atoms with van der Waals surface area (Å²) in [5.41, 5.74) is 4.21. The number of amides is 1. The molecule has 0 heterocycles. The Morgan fingerprint density at radius 3 is 2.53 bits per heavy atom. The second-order valence-corrected chi connectivity index (χ2v) is 4.80. The van der Waals surface area contributed by atoms with E-state index in [1.807, 2.05) is 24.3 Å². The maximum Gasteiger partial charge on any atom is 0.238 e. The van der Waals surface area contributed by atoms with E-state index in [1.54, 1.807) is 0 Å². The number of carbonyl (C=O) groups excluding carboxylic acids is 1. The molecule has 0 aromatic heterocycles. The molecule has 1 rings (SSSR count). The largest absolute Gasteiger partial charge is 0.395 e. The van der Waals surface area contributed by atoms with Gasteiger partial charge >= 0.3 is 0 Å². The highest BCUT2D eigenvalue weighted by Crippen LogP contribution is 2.14. The van der Waals surface area contributed by atoms with E-state index in [9.17, 15) is 4.79 Å². The van der Waals surface area contributed by atoms with E-state index in [4.69, 9.17) is 10.9 Å². The molecule has 5 nitrogen and oxygen atoms in total. The van der Waals surface area contributed by atoms with Crippen LogP contribution in [0.2, 0.25) is 0 Å². The van der Waals surface area contributed by atoms with Crippen LogP contribution in [-0.4, -0.2) is 35.1 Å². The Kier molecular flexibility index (Phi) is 6.49. The topological polar surface area (TPSA) is 78.6 Å². The Bertz CT molecular complexity index is 407.